The lowest BCUT2D eigenvalue weighted by atomic mass is 10.2. The molecule has 1 aromatic heterocycles. The average molecular weight is 559 g/mol. The molecule has 0 saturated carbocycles. The van der Waals surface area contributed by atoms with Gasteiger partial charge in [-0.25, -0.2) is 14.2 Å². The number of hydrogen-bond donors (Lipinski definition) is 2. The average Bonchev–Trinajstić information content (AvgIpc) is 3.24. The molecule has 3 aromatic carbocycles. The van der Waals surface area contributed by atoms with Crippen LogP contribution >= 0.6 is 28.1 Å². The summed E-state index contributed by atoms with van der Waals surface area (Å²) in [6.07, 6.45) is 0. The Morgan fingerprint density at radius 3 is 2.54 bits per heavy atom. The van der Waals surface area contributed by atoms with E-state index in [1.807, 2.05) is 43.3 Å². The molecule has 4 rings (SSSR count). The van der Waals surface area contributed by atoms with E-state index in [0.29, 0.717) is 41.0 Å². The van der Waals surface area contributed by atoms with Gasteiger partial charge in [-0.2, -0.15) is 5.10 Å². The van der Waals surface area contributed by atoms with Gasteiger partial charge < -0.3 is 19.6 Å². The Balaban J connectivity index is 1.55. The largest absolute Gasteiger partial charge is 0.496 e. The fourth-order valence-electron chi connectivity index (χ4n) is 3.45. The first kappa shape index (κ1) is 24.7. The highest BCUT2D eigenvalue weighted by Gasteiger charge is 2.15. The van der Waals surface area contributed by atoms with Crippen molar-refractivity contribution < 1.29 is 18.6 Å². The van der Waals surface area contributed by atoms with Crippen molar-refractivity contribution in [1.82, 2.24) is 14.9 Å². The number of ether oxygens (including phenoxy) is 3. The maximum Gasteiger partial charge on any atom is 0.214 e. The quantitative estimate of drug-likeness (QED) is 0.224. The molecule has 0 amide bonds. The van der Waals surface area contributed by atoms with Crippen LogP contribution in [0.5, 0.6) is 17.2 Å². The molecule has 0 aliphatic rings. The van der Waals surface area contributed by atoms with Gasteiger partial charge in [0.15, 0.2) is 17.3 Å². The van der Waals surface area contributed by atoms with Gasteiger partial charge in [0, 0.05) is 4.47 Å². The molecule has 0 spiro atoms. The number of nitrogens with zero attached hydrogens (tertiary/aromatic N) is 2. The third kappa shape index (κ3) is 5.83. The van der Waals surface area contributed by atoms with Crippen LogP contribution < -0.4 is 19.6 Å². The molecule has 2 N–H and O–H groups in total. The molecule has 0 aliphatic heterocycles. The van der Waals surface area contributed by atoms with Gasteiger partial charge >= 0.3 is 0 Å². The number of halogens is 2. The van der Waals surface area contributed by atoms with E-state index in [2.05, 4.69) is 31.6 Å². The smallest absolute Gasteiger partial charge is 0.214 e. The molecule has 0 aliphatic carbocycles. The molecular formula is C25H24BrFN4O3S. The molecule has 1 heterocycles. The molecular weight excluding hydrogens is 535 g/mol. The minimum Gasteiger partial charge on any atom is -0.496 e. The predicted molar refractivity (Wildman–Crippen MR) is 139 cm³/mol. The van der Waals surface area contributed by atoms with E-state index in [1.165, 1.54) is 12.1 Å². The highest BCUT2D eigenvalue weighted by atomic mass is 79.9. The number of methoxy groups -OCH3 is 1. The van der Waals surface area contributed by atoms with Gasteiger partial charge in [-0.15, -0.1) is 0 Å². The number of aromatic nitrogens is 3. The molecule has 0 radical (unpaired) electrons. The molecule has 0 fully saturated rings. The van der Waals surface area contributed by atoms with E-state index in [0.717, 1.165) is 21.2 Å². The molecule has 0 atom stereocenters. The number of hydrogen-bond acceptors (Lipinski definition) is 6. The number of benzene rings is 3. The van der Waals surface area contributed by atoms with Gasteiger partial charge in [0.1, 0.15) is 18.2 Å². The summed E-state index contributed by atoms with van der Waals surface area (Å²) in [5, 5.41) is 7.20. The van der Waals surface area contributed by atoms with Gasteiger partial charge in [-0.3, -0.25) is 0 Å². The van der Waals surface area contributed by atoms with Gasteiger partial charge in [0.25, 0.3) is 0 Å². The van der Waals surface area contributed by atoms with Gasteiger partial charge in [0.05, 0.1) is 25.8 Å². The Morgan fingerprint density at radius 1 is 1.06 bits per heavy atom. The number of para-hydroxylation sites is 1. The van der Waals surface area contributed by atoms with E-state index >= 15 is 0 Å². The third-order valence-corrected chi connectivity index (χ3v) is 6.18. The second-order valence-corrected chi connectivity index (χ2v) is 8.70. The van der Waals surface area contributed by atoms with Crippen molar-refractivity contribution in [3.05, 3.63) is 86.9 Å². The van der Waals surface area contributed by atoms with Crippen LogP contribution in [0, 0.1) is 10.6 Å². The molecule has 35 heavy (non-hydrogen) atoms. The van der Waals surface area contributed by atoms with Crippen LogP contribution in [-0.2, 0) is 13.2 Å². The molecule has 7 nitrogen and oxygen atoms in total. The highest BCUT2D eigenvalue weighted by molar-refractivity contribution is 9.10. The second kappa shape index (κ2) is 11.4. The van der Waals surface area contributed by atoms with Crippen molar-refractivity contribution >= 4 is 28.1 Å². The van der Waals surface area contributed by atoms with Gasteiger partial charge in [-0.1, -0.05) is 40.2 Å². The summed E-state index contributed by atoms with van der Waals surface area (Å²) in [6.45, 7) is 3.10. The Kier molecular flexibility index (Phi) is 8.04. The van der Waals surface area contributed by atoms with E-state index in [4.69, 9.17) is 26.4 Å². The minimum absolute atomic E-state index is 0.282. The van der Waals surface area contributed by atoms with E-state index in [1.54, 1.807) is 23.9 Å². The highest BCUT2D eigenvalue weighted by Crippen LogP contribution is 2.35. The first-order valence-corrected chi connectivity index (χ1v) is 12.1. The van der Waals surface area contributed by atoms with Gasteiger partial charge in [0.2, 0.25) is 4.77 Å². The van der Waals surface area contributed by atoms with Crippen LogP contribution in [0.25, 0.3) is 11.4 Å². The van der Waals surface area contributed by atoms with E-state index < -0.39 is 0 Å². The fourth-order valence-corrected chi connectivity index (χ4v) is 4.11. The molecule has 0 bridgehead atoms. The Morgan fingerprint density at radius 2 is 1.80 bits per heavy atom. The summed E-state index contributed by atoms with van der Waals surface area (Å²) in [5.74, 6) is 2.20. The van der Waals surface area contributed by atoms with Crippen molar-refractivity contribution in [2.45, 2.75) is 20.1 Å². The third-order valence-electron chi connectivity index (χ3n) is 5.17. The van der Waals surface area contributed by atoms with Crippen LogP contribution in [0.1, 0.15) is 18.1 Å². The zero-order valence-electron chi connectivity index (χ0n) is 19.2. The van der Waals surface area contributed by atoms with E-state index in [9.17, 15) is 4.39 Å². The maximum atomic E-state index is 13.2. The van der Waals surface area contributed by atoms with Crippen molar-refractivity contribution in [2.75, 3.05) is 19.1 Å². The molecule has 10 heteroatoms. The van der Waals surface area contributed by atoms with Crippen LogP contribution in [0.3, 0.4) is 0 Å². The summed E-state index contributed by atoms with van der Waals surface area (Å²) < 4.78 is 33.4. The number of rotatable bonds is 10. The lowest BCUT2D eigenvalue weighted by Gasteiger charge is -2.17. The number of aromatic amines is 1. The normalized spacial score (nSPS) is 10.7. The van der Waals surface area contributed by atoms with Crippen molar-refractivity contribution in [2.24, 2.45) is 0 Å². The van der Waals surface area contributed by atoms with Crippen LogP contribution in [0.4, 0.5) is 4.39 Å². The fraction of sp³-hybridized carbons (Fsp3) is 0.200. The van der Waals surface area contributed by atoms with Crippen molar-refractivity contribution in [1.29, 1.82) is 0 Å². The zero-order valence-corrected chi connectivity index (χ0v) is 21.6. The van der Waals surface area contributed by atoms with E-state index in [-0.39, 0.29) is 12.4 Å². The lowest BCUT2D eigenvalue weighted by Crippen LogP contribution is -2.16. The number of H-pyrrole nitrogens is 1. The van der Waals surface area contributed by atoms with Crippen molar-refractivity contribution in [3.8, 4) is 28.6 Å². The summed E-state index contributed by atoms with van der Waals surface area (Å²) in [4.78, 5) is 0. The molecule has 4 aromatic rings. The van der Waals surface area contributed by atoms with Crippen molar-refractivity contribution in [3.63, 3.8) is 0 Å². The summed E-state index contributed by atoms with van der Waals surface area (Å²) in [5.41, 5.74) is 5.90. The summed E-state index contributed by atoms with van der Waals surface area (Å²) in [6, 6.07) is 17.6. The first-order valence-electron chi connectivity index (χ1n) is 10.9. The molecule has 0 saturated heterocycles. The number of nitrogens with one attached hydrogen (secondary N) is 2. The lowest BCUT2D eigenvalue weighted by molar-refractivity contribution is 0.269. The van der Waals surface area contributed by atoms with Crippen LogP contribution in [0.2, 0.25) is 0 Å². The van der Waals surface area contributed by atoms with Gasteiger partial charge in [-0.05, 0) is 66.7 Å². The second-order valence-electron chi connectivity index (χ2n) is 7.46. The summed E-state index contributed by atoms with van der Waals surface area (Å²) >= 11 is 9.07. The monoisotopic (exact) mass is 558 g/mol. The molecule has 182 valence electrons. The molecule has 0 unspecified atom stereocenters. The summed E-state index contributed by atoms with van der Waals surface area (Å²) in [7, 11) is 1.62. The predicted octanol–water partition coefficient (Wildman–Crippen LogP) is 6.24. The standard InChI is InChI=1S/C25H24BrFN4O3S/c1-3-33-22-12-17(20(26)13-23(22)34-15-16-8-10-18(27)11-9-16)14-28-31-24(29-30-25(31)35)19-6-4-5-7-21(19)32-2/h4-13,28H,3,14-15H2,1-2H3,(H,30,35). The Labute approximate surface area is 216 Å². The van der Waals surface area contributed by atoms with Crippen LogP contribution in [-0.4, -0.2) is 28.6 Å². The SMILES string of the molecule is CCOc1cc(CNn2c(-c3ccccc3OC)n[nH]c2=S)c(Br)cc1OCc1ccc(F)cc1. The Bertz CT molecular complexity index is 1360. The Hall–Kier alpha value is -3.37. The first-order chi connectivity index (χ1) is 17.0. The zero-order chi connectivity index (χ0) is 24.8. The maximum absolute atomic E-state index is 13.2. The van der Waals surface area contributed by atoms with Crippen LogP contribution in [0.15, 0.2) is 65.1 Å². The topological polar surface area (TPSA) is 73.3 Å². The minimum atomic E-state index is -0.282.